The summed E-state index contributed by atoms with van der Waals surface area (Å²) >= 11 is 1.71. The van der Waals surface area contributed by atoms with Crippen LogP contribution >= 0.6 is 11.8 Å². The van der Waals surface area contributed by atoms with E-state index in [1.807, 2.05) is 0 Å². The van der Waals surface area contributed by atoms with Crippen LogP contribution in [0.1, 0.15) is 20.3 Å². The Balaban J connectivity index is 2.11. The lowest BCUT2D eigenvalue weighted by Crippen LogP contribution is -2.33. The summed E-state index contributed by atoms with van der Waals surface area (Å²) in [7, 11) is 0. The molecule has 0 atom stereocenters. The van der Waals surface area contributed by atoms with E-state index in [1.165, 1.54) is 12.1 Å². The molecule has 0 bridgehead atoms. The number of nitrogens with two attached hydrogens (primary N) is 1. The van der Waals surface area contributed by atoms with Crippen LogP contribution in [-0.2, 0) is 0 Å². The standard InChI is InChI=1S/C14H22FN3S/c1-11(2)10-18-14(16)17-8-3-9-19-13-6-4-12(15)5-7-13/h4-7,11H,3,8-10H2,1-2H3,(H3,16,17,18). The Morgan fingerprint density at radius 1 is 1.37 bits per heavy atom. The first-order valence-corrected chi connectivity index (χ1v) is 7.48. The van der Waals surface area contributed by atoms with Crippen molar-refractivity contribution in [1.29, 1.82) is 0 Å². The number of rotatable bonds is 7. The summed E-state index contributed by atoms with van der Waals surface area (Å²) in [5.41, 5.74) is 5.72. The predicted octanol–water partition coefficient (Wildman–Crippen LogP) is 2.87. The van der Waals surface area contributed by atoms with Crippen LogP contribution in [0.15, 0.2) is 34.2 Å². The van der Waals surface area contributed by atoms with E-state index in [-0.39, 0.29) is 5.82 Å². The lowest BCUT2D eigenvalue weighted by molar-refractivity contribution is 0.626. The van der Waals surface area contributed by atoms with Crippen molar-refractivity contribution in [2.45, 2.75) is 25.2 Å². The summed E-state index contributed by atoms with van der Waals surface area (Å²) in [6.07, 6.45) is 0.986. The number of benzene rings is 1. The Hall–Kier alpha value is -1.23. The van der Waals surface area contributed by atoms with Crippen LogP contribution in [-0.4, -0.2) is 24.8 Å². The zero-order valence-corrected chi connectivity index (χ0v) is 12.3. The molecule has 0 aliphatic rings. The van der Waals surface area contributed by atoms with E-state index in [9.17, 15) is 4.39 Å². The normalized spacial score (nSPS) is 11.9. The molecule has 0 saturated heterocycles. The lowest BCUT2D eigenvalue weighted by Gasteiger charge is -2.06. The fourth-order valence-electron chi connectivity index (χ4n) is 1.35. The van der Waals surface area contributed by atoms with Gasteiger partial charge >= 0.3 is 0 Å². The Labute approximate surface area is 118 Å². The summed E-state index contributed by atoms with van der Waals surface area (Å²) in [4.78, 5) is 5.31. The minimum Gasteiger partial charge on any atom is -0.370 e. The van der Waals surface area contributed by atoms with E-state index in [1.54, 1.807) is 23.9 Å². The summed E-state index contributed by atoms with van der Waals surface area (Å²) in [5.74, 6) is 1.81. The molecular weight excluding hydrogens is 261 g/mol. The highest BCUT2D eigenvalue weighted by atomic mass is 32.2. The topological polar surface area (TPSA) is 50.4 Å². The Bertz CT molecular complexity index is 390. The first kappa shape index (κ1) is 15.8. The highest BCUT2D eigenvalue weighted by Gasteiger charge is 1.96. The molecule has 1 rings (SSSR count). The highest BCUT2D eigenvalue weighted by molar-refractivity contribution is 7.99. The molecular formula is C14H22FN3S. The van der Waals surface area contributed by atoms with E-state index in [0.29, 0.717) is 11.9 Å². The summed E-state index contributed by atoms with van der Waals surface area (Å²) in [6.45, 7) is 5.77. The molecule has 1 aromatic rings. The van der Waals surface area contributed by atoms with Crippen LogP contribution in [0.4, 0.5) is 4.39 Å². The number of nitrogens with one attached hydrogen (secondary N) is 1. The molecule has 5 heteroatoms. The average molecular weight is 283 g/mol. The van der Waals surface area contributed by atoms with Gasteiger partial charge in [0.2, 0.25) is 0 Å². The van der Waals surface area contributed by atoms with Crippen LogP contribution in [0.2, 0.25) is 0 Å². The van der Waals surface area contributed by atoms with Gasteiger partial charge in [-0.2, -0.15) is 0 Å². The summed E-state index contributed by atoms with van der Waals surface area (Å²) in [6, 6.07) is 6.56. The summed E-state index contributed by atoms with van der Waals surface area (Å²) < 4.78 is 12.7. The Morgan fingerprint density at radius 2 is 2.05 bits per heavy atom. The molecule has 0 aliphatic carbocycles. The van der Waals surface area contributed by atoms with Gasteiger partial charge in [-0.15, -0.1) is 11.8 Å². The zero-order valence-electron chi connectivity index (χ0n) is 11.5. The maximum absolute atomic E-state index is 12.7. The highest BCUT2D eigenvalue weighted by Crippen LogP contribution is 2.18. The third kappa shape index (κ3) is 7.72. The first-order chi connectivity index (χ1) is 9.08. The SMILES string of the molecule is CC(C)CN=C(N)NCCCSc1ccc(F)cc1. The van der Waals surface area contributed by atoms with E-state index < -0.39 is 0 Å². The van der Waals surface area contributed by atoms with Crippen LogP contribution in [0.25, 0.3) is 0 Å². The second-order valence-corrected chi connectivity index (χ2v) is 5.87. The van der Waals surface area contributed by atoms with Gasteiger partial charge < -0.3 is 11.1 Å². The Morgan fingerprint density at radius 3 is 2.68 bits per heavy atom. The number of thioether (sulfide) groups is 1. The van der Waals surface area contributed by atoms with Gasteiger partial charge in [0.05, 0.1) is 0 Å². The average Bonchev–Trinajstić information content (AvgIpc) is 2.38. The van der Waals surface area contributed by atoms with Gasteiger partial charge in [-0.25, -0.2) is 4.39 Å². The smallest absolute Gasteiger partial charge is 0.188 e. The maximum Gasteiger partial charge on any atom is 0.188 e. The molecule has 106 valence electrons. The van der Waals surface area contributed by atoms with Gasteiger partial charge in [0, 0.05) is 18.0 Å². The van der Waals surface area contributed by atoms with Gasteiger partial charge in [0.25, 0.3) is 0 Å². The van der Waals surface area contributed by atoms with Crippen molar-refractivity contribution in [3.05, 3.63) is 30.1 Å². The van der Waals surface area contributed by atoms with E-state index in [0.717, 1.165) is 30.2 Å². The predicted molar refractivity (Wildman–Crippen MR) is 81.1 cm³/mol. The molecule has 0 spiro atoms. The number of hydrogen-bond donors (Lipinski definition) is 2. The molecule has 0 radical (unpaired) electrons. The van der Waals surface area contributed by atoms with Crippen molar-refractivity contribution < 1.29 is 4.39 Å². The van der Waals surface area contributed by atoms with Gasteiger partial charge in [-0.3, -0.25) is 4.99 Å². The third-order valence-corrected chi connectivity index (χ3v) is 3.43. The van der Waals surface area contributed by atoms with E-state index >= 15 is 0 Å². The molecule has 0 aliphatic heterocycles. The van der Waals surface area contributed by atoms with Crippen LogP contribution < -0.4 is 11.1 Å². The minimum atomic E-state index is -0.194. The molecule has 19 heavy (non-hydrogen) atoms. The molecule has 1 aromatic carbocycles. The number of nitrogens with zero attached hydrogens (tertiary/aromatic N) is 1. The Kier molecular flexibility index (Phi) is 7.33. The number of halogens is 1. The van der Waals surface area contributed by atoms with Crippen molar-refractivity contribution in [3.63, 3.8) is 0 Å². The number of aliphatic imine (C=N–C) groups is 1. The summed E-state index contributed by atoms with van der Waals surface area (Å²) in [5, 5.41) is 3.09. The fourth-order valence-corrected chi connectivity index (χ4v) is 2.20. The second kappa shape index (κ2) is 8.80. The van der Waals surface area contributed by atoms with Crippen molar-refractivity contribution in [2.24, 2.45) is 16.6 Å². The van der Waals surface area contributed by atoms with Gasteiger partial charge in [-0.05, 0) is 42.4 Å². The van der Waals surface area contributed by atoms with Crippen LogP contribution in [0, 0.1) is 11.7 Å². The molecule has 0 amide bonds. The molecule has 3 N–H and O–H groups in total. The maximum atomic E-state index is 12.7. The minimum absolute atomic E-state index is 0.194. The van der Waals surface area contributed by atoms with Crippen LogP contribution in [0.5, 0.6) is 0 Å². The monoisotopic (exact) mass is 283 g/mol. The second-order valence-electron chi connectivity index (χ2n) is 4.70. The quantitative estimate of drug-likeness (QED) is 0.350. The van der Waals surface area contributed by atoms with E-state index in [4.69, 9.17) is 5.73 Å². The van der Waals surface area contributed by atoms with Gasteiger partial charge in [0.1, 0.15) is 5.82 Å². The number of hydrogen-bond acceptors (Lipinski definition) is 2. The third-order valence-electron chi connectivity index (χ3n) is 2.34. The van der Waals surface area contributed by atoms with Crippen molar-refractivity contribution in [3.8, 4) is 0 Å². The molecule has 0 unspecified atom stereocenters. The molecule has 3 nitrogen and oxygen atoms in total. The number of guanidine groups is 1. The van der Waals surface area contributed by atoms with Crippen LogP contribution in [0.3, 0.4) is 0 Å². The van der Waals surface area contributed by atoms with Gasteiger partial charge in [-0.1, -0.05) is 13.8 Å². The first-order valence-electron chi connectivity index (χ1n) is 6.50. The van der Waals surface area contributed by atoms with Gasteiger partial charge in [0.15, 0.2) is 5.96 Å². The largest absolute Gasteiger partial charge is 0.370 e. The van der Waals surface area contributed by atoms with E-state index in [2.05, 4.69) is 24.2 Å². The van der Waals surface area contributed by atoms with Crippen molar-refractivity contribution in [2.75, 3.05) is 18.8 Å². The van der Waals surface area contributed by atoms with Crippen molar-refractivity contribution in [1.82, 2.24) is 5.32 Å². The molecule has 0 heterocycles. The molecule has 0 saturated carbocycles. The zero-order chi connectivity index (χ0) is 14.1. The fraction of sp³-hybridized carbons (Fsp3) is 0.500. The van der Waals surface area contributed by atoms with Crippen molar-refractivity contribution >= 4 is 17.7 Å². The lowest BCUT2D eigenvalue weighted by atomic mass is 10.2. The molecule has 0 aromatic heterocycles. The molecule has 0 fully saturated rings.